The summed E-state index contributed by atoms with van der Waals surface area (Å²) in [4.78, 5) is 12.5. The first kappa shape index (κ1) is 14.3. The molecule has 2 aromatic carbocycles. The van der Waals surface area contributed by atoms with Crippen LogP contribution in [0.5, 0.6) is 0 Å². The van der Waals surface area contributed by atoms with Crippen molar-refractivity contribution in [2.24, 2.45) is 0 Å². The van der Waals surface area contributed by atoms with Crippen molar-refractivity contribution in [1.82, 2.24) is 15.0 Å². The molecule has 0 aliphatic rings. The summed E-state index contributed by atoms with van der Waals surface area (Å²) in [6.45, 7) is 2.01. The molecule has 0 atom stereocenters. The molecule has 0 spiro atoms. The molecule has 0 saturated carbocycles. The monoisotopic (exact) mass is 315 g/mol. The minimum Gasteiger partial charge on any atom is -0.343 e. The number of H-pyrrole nitrogens is 1. The van der Waals surface area contributed by atoms with Crippen LogP contribution >= 0.6 is 0 Å². The highest BCUT2D eigenvalue weighted by Gasteiger charge is 2.10. The van der Waals surface area contributed by atoms with Gasteiger partial charge in [-0.1, -0.05) is 36.4 Å². The van der Waals surface area contributed by atoms with Gasteiger partial charge >= 0.3 is 0 Å². The number of aromatic nitrogens is 3. The summed E-state index contributed by atoms with van der Waals surface area (Å²) in [6.07, 6.45) is 0. The molecule has 0 saturated heterocycles. The van der Waals surface area contributed by atoms with Gasteiger partial charge in [0.2, 0.25) is 5.95 Å². The molecule has 0 bridgehead atoms. The van der Waals surface area contributed by atoms with Gasteiger partial charge in [0, 0.05) is 17.1 Å². The van der Waals surface area contributed by atoms with E-state index in [1.165, 1.54) is 0 Å². The van der Waals surface area contributed by atoms with E-state index in [0.717, 1.165) is 33.9 Å². The van der Waals surface area contributed by atoms with Crippen molar-refractivity contribution < 1.29 is 0 Å². The number of para-hydroxylation sites is 2. The van der Waals surface area contributed by atoms with Crippen LogP contribution < -0.4 is 10.6 Å². The molecule has 5 heteroatoms. The normalized spacial score (nSPS) is 10.7. The number of rotatable bonds is 4. The average Bonchev–Trinajstić information content (AvgIpc) is 2.97. The molecule has 0 unspecified atom stereocenters. The van der Waals surface area contributed by atoms with Crippen LogP contribution in [0, 0.1) is 6.92 Å². The van der Waals surface area contributed by atoms with E-state index in [1.807, 2.05) is 73.7 Å². The zero-order chi connectivity index (χ0) is 16.4. The lowest BCUT2D eigenvalue weighted by molar-refractivity contribution is 1.18. The number of aromatic amines is 1. The zero-order valence-electron chi connectivity index (χ0n) is 13.2. The molecule has 24 heavy (non-hydrogen) atoms. The summed E-state index contributed by atoms with van der Waals surface area (Å²) in [5, 5.41) is 7.59. The van der Waals surface area contributed by atoms with Gasteiger partial charge in [-0.25, -0.2) is 0 Å². The van der Waals surface area contributed by atoms with Crippen molar-refractivity contribution in [3.63, 3.8) is 0 Å². The minimum atomic E-state index is 0.550. The lowest BCUT2D eigenvalue weighted by Crippen LogP contribution is -2.01. The number of hydrogen-bond donors (Lipinski definition) is 3. The fourth-order valence-corrected chi connectivity index (χ4v) is 2.60. The summed E-state index contributed by atoms with van der Waals surface area (Å²) in [6, 6.07) is 21.9. The maximum absolute atomic E-state index is 4.65. The Morgan fingerprint density at radius 3 is 2.08 bits per heavy atom. The second kappa shape index (κ2) is 6.04. The topological polar surface area (TPSA) is 65.6 Å². The van der Waals surface area contributed by atoms with Crippen molar-refractivity contribution >= 4 is 34.2 Å². The number of anilines is 4. The number of aryl methyl sites for hydroxylation is 1. The summed E-state index contributed by atoms with van der Waals surface area (Å²) < 4.78 is 0. The van der Waals surface area contributed by atoms with Gasteiger partial charge < -0.3 is 15.6 Å². The second-order valence-electron chi connectivity index (χ2n) is 5.59. The van der Waals surface area contributed by atoms with E-state index >= 15 is 0 Å². The molecule has 0 fully saturated rings. The third kappa shape index (κ3) is 2.92. The number of benzene rings is 2. The van der Waals surface area contributed by atoms with Crippen LogP contribution in [-0.2, 0) is 0 Å². The van der Waals surface area contributed by atoms with Gasteiger partial charge in [-0.2, -0.15) is 9.97 Å². The number of nitrogens with one attached hydrogen (secondary N) is 3. The fourth-order valence-electron chi connectivity index (χ4n) is 2.60. The SMILES string of the molecule is Cc1cc2c(Nc3ccccc3)nc(Nc3ccccc3)nc2[nH]1. The van der Waals surface area contributed by atoms with Gasteiger partial charge in [0.15, 0.2) is 0 Å². The molecule has 0 aliphatic heterocycles. The fraction of sp³-hybridized carbons (Fsp3) is 0.0526. The summed E-state index contributed by atoms with van der Waals surface area (Å²) in [7, 11) is 0. The van der Waals surface area contributed by atoms with Gasteiger partial charge in [-0.3, -0.25) is 0 Å². The van der Waals surface area contributed by atoms with Gasteiger partial charge in [0.25, 0.3) is 0 Å². The highest BCUT2D eigenvalue weighted by molar-refractivity contribution is 5.91. The van der Waals surface area contributed by atoms with E-state index in [2.05, 4.69) is 25.6 Å². The molecule has 0 aliphatic carbocycles. The maximum atomic E-state index is 4.65. The minimum absolute atomic E-state index is 0.550. The first-order valence-electron chi connectivity index (χ1n) is 7.79. The van der Waals surface area contributed by atoms with Crippen LogP contribution in [0.25, 0.3) is 11.0 Å². The third-order valence-electron chi connectivity index (χ3n) is 3.69. The summed E-state index contributed by atoms with van der Waals surface area (Å²) in [5.74, 6) is 1.32. The van der Waals surface area contributed by atoms with E-state index < -0.39 is 0 Å². The lowest BCUT2D eigenvalue weighted by Gasteiger charge is -2.10. The van der Waals surface area contributed by atoms with Crippen LogP contribution in [0.1, 0.15) is 5.69 Å². The Hall–Kier alpha value is -3.34. The van der Waals surface area contributed by atoms with Gasteiger partial charge in [-0.15, -0.1) is 0 Å². The standard InChI is InChI=1S/C19H17N5/c1-13-12-16-17(20-13)23-19(22-15-10-6-3-7-11-15)24-18(16)21-14-8-4-2-5-9-14/h2-12H,1H3,(H3,20,21,22,23,24). The van der Waals surface area contributed by atoms with Gasteiger partial charge in [0.1, 0.15) is 11.5 Å². The van der Waals surface area contributed by atoms with Crippen molar-refractivity contribution in [3.8, 4) is 0 Å². The molecule has 118 valence electrons. The van der Waals surface area contributed by atoms with Crippen molar-refractivity contribution in [2.45, 2.75) is 6.92 Å². The average molecular weight is 315 g/mol. The molecule has 5 nitrogen and oxygen atoms in total. The third-order valence-corrected chi connectivity index (χ3v) is 3.69. The van der Waals surface area contributed by atoms with E-state index in [1.54, 1.807) is 0 Å². The molecule has 2 aromatic heterocycles. The van der Waals surface area contributed by atoms with Crippen LogP contribution in [0.4, 0.5) is 23.1 Å². The summed E-state index contributed by atoms with van der Waals surface area (Å²) >= 11 is 0. The molecule has 0 radical (unpaired) electrons. The number of nitrogens with zero attached hydrogens (tertiary/aromatic N) is 2. The highest BCUT2D eigenvalue weighted by Crippen LogP contribution is 2.26. The van der Waals surface area contributed by atoms with Crippen LogP contribution in [0.15, 0.2) is 66.7 Å². The van der Waals surface area contributed by atoms with Crippen LogP contribution in [-0.4, -0.2) is 15.0 Å². The first-order chi connectivity index (χ1) is 11.8. The van der Waals surface area contributed by atoms with E-state index in [9.17, 15) is 0 Å². The largest absolute Gasteiger partial charge is 0.343 e. The highest BCUT2D eigenvalue weighted by atomic mass is 15.2. The van der Waals surface area contributed by atoms with E-state index in [4.69, 9.17) is 0 Å². The Kier molecular flexibility index (Phi) is 3.59. The van der Waals surface area contributed by atoms with Gasteiger partial charge in [-0.05, 0) is 37.3 Å². The van der Waals surface area contributed by atoms with E-state index in [-0.39, 0.29) is 0 Å². The molecular formula is C19H17N5. The zero-order valence-corrected chi connectivity index (χ0v) is 13.2. The molecule has 2 heterocycles. The number of hydrogen-bond acceptors (Lipinski definition) is 4. The maximum Gasteiger partial charge on any atom is 0.231 e. The molecular weight excluding hydrogens is 298 g/mol. The van der Waals surface area contributed by atoms with Crippen LogP contribution in [0.3, 0.4) is 0 Å². The van der Waals surface area contributed by atoms with E-state index in [0.29, 0.717) is 5.95 Å². The molecule has 3 N–H and O–H groups in total. The van der Waals surface area contributed by atoms with Crippen molar-refractivity contribution in [2.75, 3.05) is 10.6 Å². The predicted molar refractivity (Wildman–Crippen MR) is 98.1 cm³/mol. The Morgan fingerprint density at radius 1 is 0.792 bits per heavy atom. The Bertz CT molecular complexity index is 961. The van der Waals surface area contributed by atoms with Crippen molar-refractivity contribution in [1.29, 1.82) is 0 Å². The van der Waals surface area contributed by atoms with Crippen LogP contribution in [0.2, 0.25) is 0 Å². The predicted octanol–water partition coefficient (Wildman–Crippen LogP) is 4.75. The first-order valence-corrected chi connectivity index (χ1v) is 7.79. The Labute approximate surface area is 139 Å². The van der Waals surface area contributed by atoms with Crippen molar-refractivity contribution in [3.05, 3.63) is 72.4 Å². The smallest absolute Gasteiger partial charge is 0.231 e. The Morgan fingerprint density at radius 2 is 1.42 bits per heavy atom. The number of fused-ring (bicyclic) bond motifs is 1. The molecule has 0 amide bonds. The quantitative estimate of drug-likeness (QED) is 0.508. The summed E-state index contributed by atoms with van der Waals surface area (Å²) in [5.41, 5.74) is 3.79. The lowest BCUT2D eigenvalue weighted by atomic mass is 10.3. The Balaban J connectivity index is 1.76. The molecule has 4 rings (SSSR count). The second-order valence-corrected chi connectivity index (χ2v) is 5.59. The van der Waals surface area contributed by atoms with Gasteiger partial charge in [0.05, 0.1) is 5.39 Å². The molecule has 4 aromatic rings.